The Labute approximate surface area is 149 Å². The molecule has 0 aliphatic heterocycles. The number of rotatable bonds is 14. The zero-order valence-electron chi connectivity index (χ0n) is 13.7. The smallest absolute Gasteiger partial charge is 0.0858 e. The van der Waals surface area contributed by atoms with Crippen LogP contribution in [0.25, 0.3) is 62.7 Å². The van der Waals surface area contributed by atoms with Gasteiger partial charge in [0.25, 0.3) is 0 Å². The molecule has 0 rings (SSSR count). The van der Waals surface area contributed by atoms with Crippen molar-refractivity contribution in [1.29, 1.82) is 0 Å². The van der Waals surface area contributed by atoms with Gasteiger partial charge in [-0.15, -0.1) is 0 Å². The Balaban J connectivity index is 6.33. The van der Waals surface area contributed by atoms with Crippen LogP contribution >= 0.6 is 0 Å². The highest BCUT2D eigenvalue weighted by atomic mass is 16.5. The summed E-state index contributed by atoms with van der Waals surface area (Å²) in [5.74, 6) is 0. The van der Waals surface area contributed by atoms with Crippen LogP contribution in [0.5, 0.6) is 0 Å². The molecule has 140 valence electrons. The second-order valence-electron chi connectivity index (χ2n) is 4.80. The fourth-order valence-corrected chi connectivity index (χ4v) is 1.92. The Morgan fingerprint density at radius 3 is 0.778 bits per heavy atom. The molecule has 0 saturated carbocycles. The quantitative estimate of drug-likeness (QED) is 0.238. The van der Waals surface area contributed by atoms with Gasteiger partial charge in [0.1, 0.15) is 0 Å². The van der Waals surface area contributed by atoms with E-state index in [0.717, 1.165) is 0 Å². The van der Waals surface area contributed by atoms with Crippen LogP contribution in [0.2, 0.25) is 0 Å². The van der Waals surface area contributed by atoms with Crippen LogP contribution in [0.4, 0.5) is 0 Å². The average Bonchev–Trinajstić information content (AvgIpc) is 2.70. The van der Waals surface area contributed by atoms with Crippen LogP contribution in [0.3, 0.4) is 0 Å². The summed E-state index contributed by atoms with van der Waals surface area (Å²) in [6, 6.07) is 0. The minimum atomic E-state index is -1.67. The predicted molar refractivity (Wildman–Crippen MR) is 90.6 cm³/mol. The molecular weight excluding hydrogens is 364 g/mol. The van der Waals surface area contributed by atoms with Gasteiger partial charge in [-0.2, -0.15) is 0 Å². The molecule has 0 aromatic rings. The average molecular weight is 376 g/mol. The molecule has 0 N–H and O–H groups in total. The highest BCUT2D eigenvalue weighted by molar-refractivity contribution is 4.98. The highest BCUT2D eigenvalue weighted by Crippen LogP contribution is 2.26. The van der Waals surface area contributed by atoms with Crippen LogP contribution in [-0.4, -0.2) is 50.5 Å². The van der Waals surface area contributed by atoms with Gasteiger partial charge in [0, 0.05) is 29.5 Å². The minimum absolute atomic E-state index is 0.452. The van der Waals surface area contributed by atoms with Gasteiger partial charge in [0.2, 0.25) is 0 Å². The number of hydrogen-bond donors (Lipinski definition) is 0. The van der Waals surface area contributed by atoms with E-state index in [0.29, 0.717) is 0 Å². The van der Waals surface area contributed by atoms with Gasteiger partial charge in [-0.05, 0) is 33.2 Å². The van der Waals surface area contributed by atoms with Crippen molar-refractivity contribution in [3.63, 3.8) is 0 Å². The van der Waals surface area contributed by atoms with E-state index < -0.39 is 50.5 Å². The molecule has 27 heavy (non-hydrogen) atoms. The first-order valence-electron chi connectivity index (χ1n) is 6.83. The molecule has 0 bridgehead atoms. The first-order valence-corrected chi connectivity index (χ1v) is 6.83. The maximum Gasteiger partial charge on any atom is 0.0858 e. The van der Waals surface area contributed by atoms with E-state index in [1.807, 2.05) is 0 Å². The lowest BCUT2D eigenvalue weighted by atomic mass is 9.99. The molecule has 19 heteroatoms. The fraction of sp³-hybridized carbons (Fsp3) is 1.00. The molecule has 0 aromatic carbocycles. The van der Waals surface area contributed by atoms with Crippen molar-refractivity contribution >= 4 is 0 Å². The molecule has 0 saturated heterocycles. The molecule has 0 fully saturated rings. The van der Waals surface area contributed by atoms with Crippen LogP contribution in [-0.2, 0) is 4.74 Å². The Morgan fingerprint density at radius 1 is 0.444 bits per heavy atom. The molecule has 0 radical (unpaired) electrons. The van der Waals surface area contributed by atoms with E-state index in [4.69, 9.17) is 37.9 Å². The van der Waals surface area contributed by atoms with Crippen LogP contribution in [0, 0.1) is 0 Å². The number of ether oxygens (including phenoxy) is 1. The molecule has 0 unspecified atom stereocenters. The number of hydrogen-bond acceptors (Lipinski definition) is 7. The number of nitrogens with zero attached hydrogens (tertiary/aromatic N) is 18. The molecule has 0 amide bonds. The van der Waals surface area contributed by atoms with Crippen LogP contribution < -0.4 is 0 Å². The van der Waals surface area contributed by atoms with Gasteiger partial charge in [-0.3, -0.25) is 0 Å². The van der Waals surface area contributed by atoms with Crippen molar-refractivity contribution in [3.05, 3.63) is 62.7 Å². The van der Waals surface area contributed by atoms with Gasteiger partial charge >= 0.3 is 0 Å². The van der Waals surface area contributed by atoms with Crippen molar-refractivity contribution in [2.75, 3.05) is 39.3 Å². The van der Waals surface area contributed by atoms with E-state index in [9.17, 15) is 0 Å². The van der Waals surface area contributed by atoms with Crippen molar-refractivity contribution in [3.8, 4) is 0 Å². The molecule has 0 aliphatic rings. The first kappa shape index (κ1) is 22.8. The lowest BCUT2D eigenvalue weighted by molar-refractivity contribution is -0.129. The molecule has 0 aromatic heterocycles. The van der Waals surface area contributed by atoms with E-state index in [1.165, 1.54) is 0 Å². The summed E-state index contributed by atoms with van der Waals surface area (Å²) in [5, 5.41) is 20.1. The van der Waals surface area contributed by atoms with Crippen molar-refractivity contribution in [1.82, 2.24) is 0 Å². The lowest BCUT2D eigenvalue weighted by Gasteiger charge is -2.41. The molecule has 0 atom stereocenters. The first-order chi connectivity index (χ1) is 13.1. The third-order valence-electron chi connectivity index (χ3n) is 2.97. The Kier molecular flexibility index (Phi) is 11.1. The summed E-state index contributed by atoms with van der Waals surface area (Å²) < 4.78 is 5.85. The standard InChI is InChI=1S/C8H12N18O/c9-21-15-1-7(2-16-22-10,3-17-23-11)27-8(4-18-24-12,5-19-25-13)6-20-26-14/h1-6H2. The van der Waals surface area contributed by atoms with Crippen LogP contribution in [0.1, 0.15) is 0 Å². The Morgan fingerprint density at radius 2 is 0.630 bits per heavy atom. The zero-order chi connectivity index (χ0) is 20.4. The van der Waals surface area contributed by atoms with E-state index in [2.05, 4.69) is 60.2 Å². The maximum absolute atomic E-state index is 8.60. The molecule has 19 nitrogen and oxygen atoms in total. The summed E-state index contributed by atoms with van der Waals surface area (Å²) in [4.78, 5) is 15.5. The minimum Gasteiger partial charge on any atom is -0.368 e. The van der Waals surface area contributed by atoms with Crippen molar-refractivity contribution in [2.24, 2.45) is 30.7 Å². The monoisotopic (exact) mass is 376 g/mol. The zero-order valence-corrected chi connectivity index (χ0v) is 13.7. The van der Waals surface area contributed by atoms with Gasteiger partial charge in [0.05, 0.1) is 50.5 Å². The Bertz CT molecular complexity index is 612. The van der Waals surface area contributed by atoms with E-state index in [-0.39, 0.29) is 0 Å². The molecule has 0 heterocycles. The predicted octanol–water partition coefficient (Wildman–Crippen LogP) is 4.34. The molecular formula is C8H12N18O. The van der Waals surface area contributed by atoms with Crippen molar-refractivity contribution < 1.29 is 4.74 Å². The lowest BCUT2D eigenvalue weighted by Crippen LogP contribution is -2.55. The highest BCUT2D eigenvalue weighted by Gasteiger charge is 2.40. The van der Waals surface area contributed by atoms with E-state index >= 15 is 0 Å². The number of azide groups is 6. The second kappa shape index (κ2) is 13.1. The second-order valence-corrected chi connectivity index (χ2v) is 4.80. The normalized spacial score (nSPS) is 13.3. The van der Waals surface area contributed by atoms with Gasteiger partial charge in [-0.25, -0.2) is 0 Å². The maximum atomic E-state index is 8.60. The summed E-state index contributed by atoms with van der Waals surface area (Å²) >= 11 is 0. The topological polar surface area (TPSA) is 302 Å². The Hall–Kier alpha value is -4.18. The van der Waals surface area contributed by atoms with Gasteiger partial charge in [0.15, 0.2) is 0 Å². The third-order valence-corrected chi connectivity index (χ3v) is 2.97. The fourth-order valence-electron chi connectivity index (χ4n) is 1.92. The summed E-state index contributed by atoms with van der Waals surface area (Å²) in [7, 11) is 0. The molecule has 0 aliphatic carbocycles. The van der Waals surface area contributed by atoms with E-state index in [1.54, 1.807) is 0 Å². The molecule has 0 spiro atoms. The van der Waals surface area contributed by atoms with Gasteiger partial charge in [-0.1, -0.05) is 30.7 Å². The third kappa shape index (κ3) is 8.47. The largest absolute Gasteiger partial charge is 0.368 e. The summed E-state index contributed by atoms with van der Waals surface area (Å²) in [6.45, 7) is -2.71. The summed E-state index contributed by atoms with van der Waals surface area (Å²) in [6.07, 6.45) is 0. The summed E-state index contributed by atoms with van der Waals surface area (Å²) in [5.41, 5.74) is 48.2. The SMILES string of the molecule is [N-]=[N+]=NCC(CN=[N+]=[N-])(CN=[N+]=[N-])OC(CN=[N+]=[N-])(CN=[N+]=[N-])CN=[N+]=[N-]. The van der Waals surface area contributed by atoms with Crippen LogP contribution in [0.15, 0.2) is 30.7 Å². The van der Waals surface area contributed by atoms with Gasteiger partial charge < -0.3 is 4.74 Å². The van der Waals surface area contributed by atoms with Crippen molar-refractivity contribution in [2.45, 2.75) is 11.2 Å².